The summed E-state index contributed by atoms with van der Waals surface area (Å²) < 4.78 is 33.1. The smallest absolute Gasteiger partial charge is 0.265 e. The average Bonchev–Trinajstić information content (AvgIpc) is 2.84. The molecule has 0 aliphatic heterocycles. The zero-order chi connectivity index (χ0) is 13.3. The number of aryl methyl sites for hydroxylation is 2. The van der Waals surface area contributed by atoms with E-state index < -0.39 is 10.0 Å². The van der Waals surface area contributed by atoms with Gasteiger partial charge in [0.2, 0.25) is 0 Å². The molecule has 0 bridgehead atoms. The maximum absolute atomic E-state index is 12.1. The standard InChI is InChI=1S/C10H13N3O4S/c1-7-10(3-9(6-14)17-7)18(15,16)12-8-4-11-13(2)5-8/h3-5,12,14H,6H2,1-2H3. The minimum atomic E-state index is -3.73. The predicted molar refractivity (Wildman–Crippen MR) is 63.4 cm³/mol. The first-order chi connectivity index (χ1) is 8.42. The Bertz CT molecular complexity index is 656. The second kappa shape index (κ2) is 4.46. The van der Waals surface area contributed by atoms with Crippen molar-refractivity contribution < 1.29 is 17.9 Å². The molecule has 0 aliphatic carbocycles. The summed E-state index contributed by atoms with van der Waals surface area (Å²) in [7, 11) is -2.04. The normalized spacial score (nSPS) is 11.7. The molecule has 2 heterocycles. The molecule has 18 heavy (non-hydrogen) atoms. The Morgan fingerprint density at radius 2 is 2.28 bits per heavy atom. The fraction of sp³-hybridized carbons (Fsp3) is 0.300. The summed E-state index contributed by atoms with van der Waals surface area (Å²) in [6.07, 6.45) is 2.94. The van der Waals surface area contributed by atoms with E-state index in [0.717, 1.165) is 0 Å². The number of sulfonamides is 1. The first-order valence-electron chi connectivity index (χ1n) is 5.14. The van der Waals surface area contributed by atoms with Crippen molar-refractivity contribution in [2.24, 2.45) is 7.05 Å². The van der Waals surface area contributed by atoms with E-state index in [0.29, 0.717) is 5.69 Å². The number of aliphatic hydroxyl groups is 1. The minimum Gasteiger partial charge on any atom is -0.462 e. The van der Waals surface area contributed by atoms with Crippen molar-refractivity contribution in [2.45, 2.75) is 18.4 Å². The lowest BCUT2D eigenvalue weighted by Gasteiger charge is -2.03. The number of nitrogens with one attached hydrogen (secondary N) is 1. The van der Waals surface area contributed by atoms with Gasteiger partial charge in [-0.3, -0.25) is 9.40 Å². The number of nitrogens with zero attached hydrogens (tertiary/aromatic N) is 2. The molecule has 0 aromatic carbocycles. The van der Waals surface area contributed by atoms with Crippen molar-refractivity contribution in [1.29, 1.82) is 0 Å². The first-order valence-corrected chi connectivity index (χ1v) is 6.62. The van der Waals surface area contributed by atoms with E-state index >= 15 is 0 Å². The molecular formula is C10H13N3O4S. The Morgan fingerprint density at radius 3 is 2.78 bits per heavy atom. The zero-order valence-corrected chi connectivity index (χ0v) is 10.7. The Kier molecular flexibility index (Phi) is 3.14. The lowest BCUT2D eigenvalue weighted by molar-refractivity contribution is 0.245. The lowest BCUT2D eigenvalue weighted by Crippen LogP contribution is -2.12. The highest BCUT2D eigenvalue weighted by molar-refractivity contribution is 7.92. The minimum absolute atomic E-state index is 0.00963. The van der Waals surface area contributed by atoms with E-state index in [9.17, 15) is 8.42 Å². The third-order valence-electron chi connectivity index (χ3n) is 2.33. The highest BCUT2D eigenvalue weighted by Crippen LogP contribution is 2.22. The van der Waals surface area contributed by atoms with Gasteiger partial charge in [0.1, 0.15) is 23.0 Å². The van der Waals surface area contributed by atoms with E-state index in [1.165, 1.54) is 23.9 Å². The monoisotopic (exact) mass is 271 g/mol. The molecule has 0 amide bonds. The van der Waals surface area contributed by atoms with E-state index in [1.54, 1.807) is 13.2 Å². The van der Waals surface area contributed by atoms with Crippen LogP contribution in [0.4, 0.5) is 5.69 Å². The Balaban J connectivity index is 2.33. The van der Waals surface area contributed by atoms with Crippen LogP contribution >= 0.6 is 0 Å². The number of aliphatic hydroxyl groups excluding tert-OH is 1. The Hall–Kier alpha value is -1.80. The van der Waals surface area contributed by atoms with Crippen LogP contribution < -0.4 is 4.72 Å². The van der Waals surface area contributed by atoms with Crippen LogP contribution in [0.5, 0.6) is 0 Å². The third-order valence-corrected chi connectivity index (χ3v) is 3.81. The molecule has 2 rings (SSSR count). The molecule has 0 saturated heterocycles. The van der Waals surface area contributed by atoms with Crippen LogP contribution in [0.3, 0.4) is 0 Å². The molecule has 2 aromatic heterocycles. The van der Waals surface area contributed by atoms with Gasteiger partial charge < -0.3 is 9.52 Å². The van der Waals surface area contributed by atoms with Gasteiger partial charge in [0, 0.05) is 19.3 Å². The summed E-state index contributed by atoms with van der Waals surface area (Å²) >= 11 is 0. The summed E-state index contributed by atoms with van der Waals surface area (Å²) in [4.78, 5) is 0.00963. The predicted octanol–water partition coefficient (Wildman–Crippen LogP) is 0.615. The van der Waals surface area contributed by atoms with Gasteiger partial charge in [-0.1, -0.05) is 0 Å². The molecule has 98 valence electrons. The van der Waals surface area contributed by atoms with Crippen LogP contribution in [0.15, 0.2) is 27.8 Å². The molecular weight excluding hydrogens is 258 g/mol. The Morgan fingerprint density at radius 1 is 1.56 bits per heavy atom. The van der Waals surface area contributed by atoms with Crippen LogP contribution in [-0.2, 0) is 23.7 Å². The number of aromatic nitrogens is 2. The highest BCUT2D eigenvalue weighted by atomic mass is 32.2. The molecule has 8 heteroatoms. The topological polar surface area (TPSA) is 97.4 Å². The van der Waals surface area contributed by atoms with Gasteiger partial charge in [-0.15, -0.1) is 0 Å². The first kappa shape index (κ1) is 12.7. The highest BCUT2D eigenvalue weighted by Gasteiger charge is 2.21. The maximum Gasteiger partial charge on any atom is 0.265 e. The Labute approximate surface area is 104 Å². The van der Waals surface area contributed by atoms with Gasteiger partial charge in [0.15, 0.2) is 0 Å². The van der Waals surface area contributed by atoms with Crippen LogP contribution in [0.2, 0.25) is 0 Å². The second-order valence-electron chi connectivity index (χ2n) is 3.80. The van der Waals surface area contributed by atoms with Gasteiger partial charge >= 0.3 is 0 Å². The maximum atomic E-state index is 12.1. The fourth-order valence-corrected chi connectivity index (χ4v) is 2.79. The van der Waals surface area contributed by atoms with Gasteiger partial charge in [-0.25, -0.2) is 8.42 Å². The quantitative estimate of drug-likeness (QED) is 0.849. The molecule has 0 radical (unpaired) electrons. The number of rotatable bonds is 4. The van der Waals surface area contributed by atoms with Crippen molar-refractivity contribution in [3.63, 3.8) is 0 Å². The summed E-state index contributed by atoms with van der Waals surface area (Å²) in [5.74, 6) is 0.439. The van der Waals surface area contributed by atoms with Crippen molar-refractivity contribution in [3.8, 4) is 0 Å². The number of anilines is 1. The molecule has 0 saturated carbocycles. The summed E-state index contributed by atoms with van der Waals surface area (Å²) in [6.45, 7) is 1.18. The number of hydrogen-bond acceptors (Lipinski definition) is 5. The van der Waals surface area contributed by atoms with Crippen molar-refractivity contribution in [2.75, 3.05) is 4.72 Å². The largest absolute Gasteiger partial charge is 0.462 e. The van der Waals surface area contributed by atoms with E-state index in [1.807, 2.05) is 0 Å². The molecule has 7 nitrogen and oxygen atoms in total. The lowest BCUT2D eigenvalue weighted by atomic mass is 10.4. The van der Waals surface area contributed by atoms with Crippen LogP contribution in [0, 0.1) is 6.92 Å². The summed E-state index contributed by atoms with van der Waals surface area (Å²) in [6, 6.07) is 1.30. The average molecular weight is 271 g/mol. The summed E-state index contributed by atoms with van der Waals surface area (Å²) in [5.41, 5.74) is 0.364. The van der Waals surface area contributed by atoms with Gasteiger partial charge in [0.05, 0.1) is 11.9 Å². The molecule has 0 atom stereocenters. The molecule has 2 aromatic rings. The van der Waals surface area contributed by atoms with Gasteiger partial charge in [-0.05, 0) is 6.92 Å². The molecule has 0 fully saturated rings. The van der Waals surface area contributed by atoms with Crippen molar-refractivity contribution in [1.82, 2.24) is 9.78 Å². The fourth-order valence-electron chi connectivity index (χ4n) is 1.55. The molecule has 0 spiro atoms. The summed E-state index contributed by atoms with van der Waals surface area (Å²) in [5, 5.41) is 12.8. The van der Waals surface area contributed by atoms with Crippen LogP contribution in [-0.4, -0.2) is 23.3 Å². The van der Waals surface area contributed by atoms with Crippen molar-refractivity contribution >= 4 is 15.7 Å². The molecule has 0 unspecified atom stereocenters. The van der Waals surface area contributed by atoms with Crippen molar-refractivity contribution in [3.05, 3.63) is 30.0 Å². The van der Waals surface area contributed by atoms with E-state index in [2.05, 4.69) is 9.82 Å². The molecule has 2 N–H and O–H groups in total. The number of hydrogen-bond donors (Lipinski definition) is 2. The number of furan rings is 1. The van der Waals surface area contributed by atoms with Gasteiger partial charge in [0.25, 0.3) is 10.0 Å². The SMILES string of the molecule is Cc1oc(CO)cc1S(=O)(=O)Nc1cnn(C)c1. The van der Waals surface area contributed by atoms with E-state index in [-0.39, 0.29) is 23.0 Å². The van der Waals surface area contributed by atoms with Gasteiger partial charge in [-0.2, -0.15) is 5.10 Å². The van der Waals surface area contributed by atoms with Crippen LogP contribution in [0.1, 0.15) is 11.5 Å². The zero-order valence-electron chi connectivity index (χ0n) is 9.91. The second-order valence-corrected chi connectivity index (χ2v) is 5.45. The van der Waals surface area contributed by atoms with E-state index in [4.69, 9.17) is 9.52 Å². The third kappa shape index (κ3) is 2.39. The molecule has 0 aliphatic rings. The van der Waals surface area contributed by atoms with Crippen LogP contribution in [0.25, 0.3) is 0 Å².